The van der Waals surface area contributed by atoms with Crippen LogP contribution >= 0.6 is 0 Å². The predicted molar refractivity (Wildman–Crippen MR) is 116 cm³/mol. The number of ether oxygens (including phenoxy) is 3. The van der Waals surface area contributed by atoms with Gasteiger partial charge in [-0.05, 0) is 28.0 Å². The number of rotatable bonds is 1. The van der Waals surface area contributed by atoms with Crippen molar-refractivity contribution in [3.63, 3.8) is 0 Å². The van der Waals surface area contributed by atoms with Gasteiger partial charge in [0.15, 0.2) is 0 Å². The zero-order valence-electron chi connectivity index (χ0n) is 16.6. The molecule has 2 fully saturated rings. The number of hydrogen-bond acceptors (Lipinski definition) is 5. The first-order valence-electron chi connectivity index (χ1n) is 10.6. The molecule has 0 bridgehead atoms. The second-order valence-corrected chi connectivity index (χ2v) is 8.50. The standard InChI is InChI=1S/C26H20O5/c27-18-10-9-16(13-5-1-2-6-14(13)18)21-15-7-3-4-8-17(15)24(28)23-22(21)25-19(30-25)11-29-12-20-26(23)31-20/h1-10,19-20,25-28H,11-12H2. The lowest BCUT2D eigenvalue weighted by atomic mass is 9.83. The summed E-state index contributed by atoms with van der Waals surface area (Å²) in [4.78, 5) is 0. The number of phenols is 2. The monoisotopic (exact) mass is 412 g/mol. The highest BCUT2D eigenvalue weighted by Crippen LogP contribution is 2.57. The van der Waals surface area contributed by atoms with E-state index < -0.39 is 0 Å². The summed E-state index contributed by atoms with van der Waals surface area (Å²) in [6, 6.07) is 19.5. The second-order valence-electron chi connectivity index (χ2n) is 8.50. The van der Waals surface area contributed by atoms with Gasteiger partial charge in [0, 0.05) is 21.9 Å². The third-order valence-electron chi connectivity index (χ3n) is 6.73. The minimum atomic E-state index is -0.204. The average Bonchev–Trinajstić information content (AvgIpc) is 3.72. The van der Waals surface area contributed by atoms with Crippen LogP contribution in [0.15, 0.2) is 60.7 Å². The van der Waals surface area contributed by atoms with Crippen molar-refractivity contribution in [1.82, 2.24) is 0 Å². The maximum Gasteiger partial charge on any atom is 0.129 e. The van der Waals surface area contributed by atoms with Crippen LogP contribution in [0.5, 0.6) is 11.5 Å². The van der Waals surface area contributed by atoms with Crippen molar-refractivity contribution >= 4 is 21.5 Å². The smallest absolute Gasteiger partial charge is 0.129 e. The van der Waals surface area contributed by atoms with Gasteiger partial charge in [-0.3, -0.25) is 0 Å². The summed E-state index contributed by atoms with van der Waals surface area (Å²) >= 11 is 0. The van der Waals surface area contributed by atoms with Gasteiger partial charge < -0.3 is 24.4 Å². The molecule has 5 heteroatoms. The van der Waals surface area contributed by atoms with Gasteiger partial charge in [-0.2, -0.15) is 0 Å². The molecular weight excluding hydrogens is 392 g/mol. The molecule has 0 aromatic heterocycles. The first kappa shape index (κ1) is 17.5. The van der Waals surface area contributed by atoms with E-state index >= 15 is 0 Å². The maximum absolute atomic E-state index is 11.3. The first-order valence-corrected chi connectivity index (χ1v) is 10.6. The summed E-state index contributed by atoms with van der Waals surface area (Å²) in [6.07, 6.45) is -0.438. The molecule has 0 aliphatic carbocycles. The highest BCUT2D eigenvalue weighted by Gasteiger charge is 2.52. The average molecular weight is 412 g/mol. The number of aromatic hydroxyl groups is 2. The first-order chi connectivity index (χ1) is 15.2. The highest BCUT2D eigenvalue weighted by atomic mass is 16.6. The predicted octanol–water partition coefficient (Wildman–Crippen LogP) is 4.98. The lowest BCUT2D eigenvalue weighted by Gasteiger charge is -2.20. The lowest BCUT2D eigenvalue weighted by molar-refractivity contribution is 0.102. The Morgan fingerprint density at radius 2 is 1.26 bits per heavy atom. The van der Waals surface area contributed by atoms with E-state index in [1.165, 1.54) is 0 Å². The fourth-order valence-corrected chi connectivity index (χ4v) is 5.18. The van der Waals surface area contributed by atoms with Crippen LogP contribution < -0.4 is 0 Å². The largest absolute Gasteiger partial charge is 0.507 e. The fourth-order valence-electron chi connectivity index (χ4n) is 5.18. The van der Waals surface area contributed by atoms with Gasteiger partial charge in [0.1, 0.15) is 35.9 Å². The number of hydrogen-bond donors (Lipinski definition) is 2. The Morgan fingerprint density at radius 3 is 2.00 bits per heavy atom. The number of epoxide rings is 2. The van der Waals surface area contributed by atoms with Gasteiger partial charge in [0.25, 0.3) is 0 Å². The van der Waals surface area contributed by atoms with Crippen LogP contribution in [0.4, 0.5) is 0 Å². The zero-order valence-corrected chi connectivity index (χ0v) is 16.6. The van der Waals surface area contributed by atoms with Crippen molar-refractivity contribution in [1.29, 1.82) is 0 Å². The van der Waals surface area contributed by atoms with E-state index in [1.54, 1.807) is 6.07 Å². The highest BCUT2D eigenvalue weighted by molar-refractivity contribution is 6.10. The van der Waals surface area contributed by atoms with Gasteiger partial charge in [-0.15, -0.1) is 0 Å². The summed E-state index contributed by atoms with van der Waals surface area (Å²) in [5.41, 5.74) is 3.83. The van der Waals surface area contributed by atoms with Crippen molar-refractivity contribution in [2.75, 3.05) is 13.2 Å². The quantitative estimate of drug-likeness (QED) is 0.431. The molecule has 4 aromatic rings. The van der Waals surface area contributed by atoms with Crippen molar-refractivity contribution in [2.45, 2.75) is 24.4 Å². The SMILES string of the molecule is Oc1ccc(-c2c3c(c(O)c4ccccc24)C2OC2COCC2OC32)c2ccccc12. The Bertz CT molecular complexity index is 1380. The molecule has 4 unspecified atom stereocenters. The van der Waals surface area contributed by atoms with E-state index in [0.717, 1.165) is 43.8 Å². The van der Waals surface area contributed by atoms with E-state index in [2.05, 4.69) is 0 Å². The molecule has 5 nitrogen and oxygen atoms in total. The molecule has 0 saturated carbocycles. The maximum atomic E-state index is 11.3. The molecule has 4 atom stereocenters. The minimum Gasteiger partial charge on any atom is -0.507 e. The van der Waals surface area contributed by atoms with E-state index in [-0.39, 0.29) is 35.9 Å². The lowest BCUT2D eigenvalue weighted by Crippen LogP contribution is -2.06. The van der Waals surface area contributed by atoms with Crippen LogP contribution in [-0.2, 0) is 14.2 Å². The van der Waals surface area contributed by atoms with Crippen LogP contribution in [-0.4, -0.2) is 35.6 Å². The molecule has 3 heterocycles. The second kappa shape index (κ2) is 6.20. The minimum absolute atomic E-state index is 0.0288. The third kappa shape index (κ3) is 2.48. The molecule has 0 radical (unpaired) electrons. The molecule has 3 aliphatic rings. The van der Waals surface area contributed by atoms with Crippen LogP contribution in [0, 0.1) is 0 Å². The van der Waals surface area contributed by atoms with Crippen LogP contribution in [0.1, 0.15) is 23.3 Å². The number of phenolic OH excluding ortho intramolecular Hbond substituents is 2. The summed E-state index contributed by atoms with van der Waals surface area (Å²) in [5, 5.41) is 25.3. The molecule has 0 amide bonds. The van der Waals surface area contributed by atoms with E-state index in [1.807, 2.05) is 54.6 Å². The van der Waals surface area contributed by atoms with Gasteiger partial charge in [0.05, 0.1) is 13.2 Å². The van der Waals surface area contributed by atoms with E-state index in [0.29, 0.717) is 13.2 Å². The van der Waals surface area contributed by atoms with Crippen LogP contribution in [0.3, 0.4) is 0 Å². The molecule has 2 N–H and O–H groups in total. The topological polar surface area (TPSA) is 74.8 Å². The Labute approximate surface area is 178 Å². The number of fused-ring (bicyclic) bond motifs is 7. The van der Waals surface area contributed by atoms with Gasteiger partial charge in [0.2, 0.25) is 0 Å². The molecule has 4 aromatic carbocycles. The van der Waals surface area contributed by atoms with Crippen molar-refractivity contribution in [2.24, 2.45) is 0 Å². The Balaban J connectivity index is 1.64. The Hall–Kier alpha value is -3.12. The van der Waals surface area contributed by atoms with Crippen molar-refractivity contribution in [3.05, 3.63) is 71.8 Å². The zero-order chi connectivity index (χ0) is 20.7. The van der Waals surface area contributed by atoms with Crippen LogP contribution in [0.25, 0.3) is 32.7 Å². The van der Waals surface area contributed by atoms with Crippen LogP contribution in [0.2, 0.25) is 0 Å². The molecule has 2 saturated heterocycles. The normalized spacial score (nSPS) is 26.3. The van der Waals surface area contributed by atoms with E-state index in [4.69, 9.17) is 14.2 Å². The summed E-state index contributed by atoms with van der Waals surface area (Å²) in [7, 11) is 0. The molecule has 154 valence electrons. The van der Waals surface area contributed by atoms with Crippen molar-refractivity contribution in [3.8, 4) is 22.6 Å². The molecule has 3 aliphatic heterocycles. The summed E-state index contributed by atoms with van der Waals surface area (Å²) in [6.45, 7) is 1.01. The number of benzene rings is 4. The summed E-state index contributed by atoms with van der Waals surface area (Å²) in [5.74, 6) is 0.516. The van der Waals surface area contributed by atoms with Gasteiger partial charge >= 0.3 is 0 Å². The third-order valence-corrected chi connectivity index (χ3v) is 6.73. The molecule has 31 heavy (non-hydrogen) atoms. The van der Waals surface area contributed by atoms with Crippen molar-refractivity contribution < 1.29 is 24.4 Å². The Kier molecular flexibility index (Phi) is 3.51. The van der Waals surface area contributed by atoms with Gasteiger partial charge in [-0.25, -0.2) is 0 Å². The Morgan fingerprint density at radius 1 is 0.645 bits per heavy atom. The fraction of sp³-hybridized carbons (Fsp3) is 0.231. The van der Waals surface area contributed by atoms with E-state index in [9.17, 15) is 10.2 Å². The molecule has 0 spiro atoms. The summed E-state index contributed by atoms with van der Waals surface area (Å²) < 4.78 is 17.8. The molecular formula is C26H20O5. The molecule has 7 rings (SSSR count). The van der Waals surface area contributed by atoms with Gasteiger partial charge in [-0.1, -0.05) is 54.6 Å².